The van der Waals surface area contributed by atoms with Gasteiger partial charge in [-0.2, -0.15) is 18.7 Å². The Morgan fingerprint density at radius 3 is 2.33 bits per heavy atom. The van der Waals surface area contributed by atoms with Gasteiger partial charge in [0.05, 0.1) is 12.4 Å². The van der Waals surface area contributed by atoms with E-state index in [0.29, 0.717) is 0 Å². The number of aromatic nitrogens is 2. The topological polar surface area (TPSA) is 93.9 Å². The van der Waals surface area contributed by atoms with Crippen molar-refractivity contribution in [2.45, 2.75) is 6.61 Å². The molecule has 0 saturated heterocycles. The van der Waals surface area contributed by atoms with Crippen molar-refractivity contribution in [2.75, 3.05) is 0 Å². The van der Waals surface area contributed by atoms with Crippen LogP contribution in [0.4, 0.5) is 8.78 Å². The lowest BCUT2D eigenvalue weighted by molar-refractivity contribution is -0.0499. The first kappa shape index (κ1) is 14.9. The third kappa shape index (κ3) is 4.86. The first-order chi connectivity index (χ1) is 10.0. The zero-order valence-corrected chi connectivity index (χ0v) is 10.4. The van der Waals surface area contributed by atoms with Gasteiger partial charge in [-0.3, -0.25) is 0 Å². The van der Waals surface area contributed by atoms with E-state index in [-0.39, 0.29) is 23.3 Å². The maximum Gasteiger partial charge on any atom is 0.707 e. The number of hydrogen-bond donors (Lipinski definition) is 2. The number of alkyl halides is 2. The number of hydrogen-bond acceptors (Lipinski definition) is 7. The minimum atomic E-state index is -2.93. The van der Waals surface area contributed by atoms with E-state index in [1.54, 1.807) is 0 Å². The minimum Gasteiger partial charge on any atom is -0.509 e. The summed E-state index contributed by atoms with van der Waals surface area (Å²) in [4.78, 5) is 7.50. The van der Waals surface area contributed by atoms with Crippen molar-refractivity contribution >= 4 is 7.32 Å². The molecule has 1 heterocycles. The monoisotopic (exact) mass is 298 g/mol. The molecule has 110 valence electrons. The van der Waals surface area contributed by atoms with Gasteiger partial charge in [0.15, 0.2) is 0 Å². The smallest absolute Gasteiger partial charge is 0.509 e. The highest BCUT2D eigenvalue weighted by Gasteiger charge is 2.12. The van der Waals surface area contributed by atoms with Gasteiger partial charge in [0.1, 0.15) is 17.2 Å². The fourth-order valence-corrected chi connectivity index (χ4v) is 1.36. The van der Waals surface area contributed by atoms with Gasteiger partial charge in [-0.25, -0.2) is 0 Å². The summed E-state index contributed by atoms with van der Waals surface area (Å²) in [5.41, 5.74) is 0. The van der Waals surface area contributed by atoms with Crippen molar-refractivity contribution in [1.29, 1.82) is 0 Å². The van der Waals surface area contributed by atoms with Gasteiger partial charge in [-0.1, -0.05) is 6.07 Å². The summed E-state index contributed by atoms with van der Waals surface area (Å²) in [6.07, 6.45) is 2.31. The fourth-order valence-electron chi connectivity index (χ4n) is 1.36. The van der Waals surface area contributed by atoms with Crippen LogP contribution in [-0.2, 0) is 0 Å². The van der Waals surface area contributed by atoms with Crippen molar-refractivity contribution in [3.63, 3.8) is 0 Å². The van der Waals surface area contributed by atoms with E-state index in [0.717, 1.165) is 12.4 Å². The lowest BCUT2D eigenvalue weighted by atomic mass is 10.2. The molecule has 1 aromatic carbocycles. The number of halogens is 2. The van der Waals surface area contributed by atoms with E-state index in [1.807, 2.05) is 0 Å². The third-order valence-corrected chi connectivity index (χ3v) is 2.09. The van der Waals surface area contributed by atoms with Crippen LogP contribution in [0.2, 0.25) is 0 Å². The predicted molar refractivity (Wildman–Crippen MR) is 66.0 cm³/mol. The van der Waals surface area contributed by atoms with Gasteiger partial charge in [0.25, 0.3) is 0 Å². The molecule has 2 rings (SSSR count). The second-order valence-electron chi connectivity index (χ2n) is 3.60. The molecule has 0 aliphatic heterocycles. The van der Waals surface area contributed by atoms with Crippen molar-refractivity contribution in [1.82, 2.24) is 9.97 Å². The molecule has 0 bridgehead atoms. The highest BCUT2D eigenvalue weighted by Crippen LogP contribution is 2.24. The first-order valence-corrected chi connectivity index (χ1v) is 5.60. The van der Waals surface area contributed by atoms with Crippen molar-refractivity contribution in [2.24, 2.45) is 0 Å². The summed E-state index contributed by atoms with van der Waals surface area (Å²) in [7, 11) is -1.98. The quantitative estimate of drug-likeness (QED) is 0.774. The summed E-state index contributed by atoms with van der Waals surface area (Å²) in [6.45, 7) is -2.93. The van der Waals surface area contributed by atoms with Gasteiger partial charge in [-0.05, 0) is 12.1 Å². The highest BCUT2D eigenvalue weighted by atomic mass is 19.3. The Labute approximate surface area is 117 Å². The van der Waals surface area contributed by atoms with Crippen molar-refractivity contribution < 1.29 is 33.0 Å². The van der Waals surface area contributed by atoms with Crippen LogP contribution in [0.25, 0.3) is 0 Å². The van der Waals surface area contributed by atoms with E-state index in [2.05, 4.69) is 19.4 Å². The normalized spacial score (nSPS) is 10.3. The number of ether oxygens (including phenoxy) is 2. The average Bonchev–Trinajstić information content (AvgIpc) is 2.40. The molecule has 0 aliphatic rings. The summed E-state index contributed by atoms with van der Waals surface area (Å²) in [5.74, 6) is 0.155. The first-order valence-electron chi connectivity index (χ1n) is 5.60. The minimum absolute atomic E-state index is 0.0205. The molecule has 7 nitrogen and oxygen atoms in total. The Morgan fingerprint density at radius 1 is 1.05 bits per heavy atom. The van der Waals surface area contributed by atoms with Gasteiger partial charge >= 0.3 is 19.9 Å². The molecule has 0 saturated carbocycles. The molecular formula is C11H9BF2N2O5. The zero-order chi connectivity index (χ0) is 15.2. The molecule has 0 spiro atoms. The Balaban J connectivity index is 2.04. The van der Waals surface area contributed by atoms with Gasteiger partial charge in [0, 0.05) is 6.07 Å². The Kier molecular flexibility index (Phi) is 4.85. The lowest BCUT2D eigenvalue weighted by Crippen LogP contribution is -2.20. The van der Waals surface area contributed by atoms with E-state index in [9.17, 15) is 8.78 Å². The second kappa shape index (κ2) is 6.82. The maximum absolute atomic E-state index is 12.1. The van der Waals surface area contributed by atoms with Gasteiger partial charge in [0.2, 0.25) is 0 Å². The fraction of sp³-hybridized carbons (Fsp3) is 0.0909. The van der Waals surface area contributed by atoms with E-state index < -0.39 is 13.9 Å². The molecular weight excluding hydrogens is 289 g/mol. The Morgan fingerprint density at radius 2 is 1.71 bits per heavy atom. The Hall–Kier alpha value is -2.46. The highest BCUT2D eigenvalue weighted by molar-refractivity contribution is 6.33. The molecule has 10 heteroatoms. The van der Waals surface area contributed by atoms with E-state index >= 15 is 0 Å². The molecule has 0 unspecified atom stereocenters. The number of nitrogens with zero attached hydrogens (tertiary/aromatic N) is 2. The zero-order valence-electron chi connectivity index (χ0n) is 10.4. The molecule has 0 aliphatic carbocycles. The molecule has 0 radical (unpaired) electrons. The third-order valence-electron chi connectivity index (χ3n) is 2.09. The number of benzene rings is 1. The van der Waals surface area contributed by atoms with Crippen LogP contribution in [-0.4, -0.2) is 33.9 Å². The van der Waals surface area contributed by atoms with Crippen LogP contribution < -0.4 is 14.1 Å². The molecule has 0 amide bonds. The van der Waals surface area contributed by atoms with E-state index in [1.165, 1.54) is 24.3 Å². The summed E-state index contributed by atoms with van der Waals surface area (Å²) < 4.78 is 38.1. The van der Waals surface area contributed by atoms with E-state index in [4.69, 9.17) is 14.8 Å². The standard InChI is InChI=1S/C11H9BF2N2O5/c13-10(14)19-7-2-1-3-8(4-7)20-11-15-5-9(6-16-11)21-12(17)18/h1-6,10,17-18H. The SMILES string of the molecule is OB(O)Oc1cnc(Oc2cccc(OC(F)F)c2)nc1. The maximum atomic E-state index is 12.1. The molecule has 21 heavy (non-hydrogen) atoms. The summed E-state index contributed by atoms with van der Waals surface area (Å²) in [6, 6.07) is 5.48. The number of rotatable bonds is 6. The van der Waals surface area contributed by atoms with Crippen LogP contribution in [0.5, 0.6) is 23.3 Å². The van der Waals surface area contributed by atoms with Crippen LogP contribution in [0.3, 0.4) is 0 Å². The molecule has 0 fully saturated rings. The van der Waals surface area contributed by atoms with Crippen molar-refractivity contribution in [3.05, 3.63) is 36.7 Å². The van der Waals surface area contributed by atoms with Crippen LogP contribution >= 0.6 is 0 Å². The lowest BCUT2D eigenvalue weighted by Gasteiger charge is -2.08. The summed E-state index contributed by atoms with van der Waals surface area (Å²) in [5, 5.41) is 17.2. The average molecular weight is 298 g/mol. The van der Waals surface area contributed by atoms with Crippen LogP contribution in [0, 0.1) is 0 Å². The molecule has 2 N–H and O–H groups in total. The molecule has 2 aromatic rings. The predicted octanol–water partition coefficient (Wildman–Crippen LogP) is 1.22. The van der Waals surface area contributed by atoms with Crippen LogP contribution in [0.15, 0.2) is 36.7 Å². The molecule has 1 aromatic heterocycles. The van der Waals surface area contributed by atoms with Gasteiger partial charge in [-0.15, -0.1) is 0 Å². The molecule has 0 atom stereocenters. The summed E-state index contributed by atoms with van der Waals surface area (Å²) >= 11 is 0. The largest absolute Gasteiger partial charge is 0.707 e. The Bertz CT molecular complexity index is 585. The van der Waals surface area contributed by atoms with Crippen LogP contribution in [0.1, 0.15) is 0 Å². The van der Waals surface area contributed by atoms with Crippen molar-refractivity contribution in [3.8, 4) is 23.3 Å². The second-order valence-corrected chi connectivity index (χ2v) is 3.60. The van der Waals surface area contributed by atoms with Gasteiger partial charge < -0.3 is 24.2 Å².